The summed E-state index contributed by atoms with van der Waals surface area (Å²) in [6.45, 7) is 1.78. The Balaban J connectivity index is 1.59. The van der Waals surface area contributed by atoms with E-state index in [2.05, 4.69) is 30.8 Å². The molecule has 0 bridgehead atoms. The lowest BCUT2D eigenvalue weighted by atomic mass is 10.2. The van der Waals surface area contributed by atoms with Crippen LogP contribution < -0.4 is 5.32 Å². The number of aliphatic imine (C=N–C) groups is 1. The maximum Gasteiger partial charge on any atom is 0.264 e. The molecule has 8 heteroatoms. The van der Waals surface area contributed by atoms with Crippen molar-refractivity contribution in [3.63, 3.8) is 0 Å². The summed E-state index contributed by atoms with van der Waals surface area (Å²) in [6, 6.07) is 13.3. The van der Waals surface area contributed by atoms with Crippen molar-refractivity contribution < 1.29 is 4.79 Å². The van der Waals surface area contributed by atoms with Crippen LogP contribution in [0.15, 0.2) is 58.7 Å². The molecule has 148 valence electrons. The molecule has 1 amide bonds. The molecule has 3 aromatic rings. The Bertz CT molecular complexity index is 1140. The lowest BCUT2D eigenvalue weighted by Gasteiger charge is -2.10. The van der Waals surface area contributed by atoms with Crippen molar-refractivity contribution >= 4 is 57.2 Å². The van der Waals surface area contributed by atoms with E-state index >= 15 is 0 Å². The van der Waals surface area contributed by atoms with Gasteiger partial charge in [0, 0.05) is 13.1 Å². The molecular weight excluding hydrogens is 406 g/mol. The smallest absolute Gasteiger partial charge is 0.264 e. The number of amides is 1. The van der Waals surface area contributed by atoms with E-state index in [9.17, 15) is 4.79 Å². The van der Waals surface area contributed by atoms with E-state index in [0.29, 0.717) is 20.8 Å². The fourth-order valence-corrected chi connectivity index (χ4v) is 3.95. The third-order valence-corrected chi connectivity index (χ3v) is 5.69. The first-order chi connectivity index (χ1) is 14.0. The van der Waals surface area contributed by atoms with Gasteiger partial charge in [0.2, 0.25) is 0 Å². The third-order valence-electron chi connectivity index (χ3n) is 4.46. The van der Waals surface area contributed by atoms with Crippen LogP contribution in [0.2, 0.25) is 5.02 Å². The Labute approximate surface area is 178 Å². The maximum atomic E-state index is 12.4. The van der Waals surface area contributed by atoms with Crippen LogP contribution in [-0.2, 0) is 11.3 Å². The van der Waals surface area contributed by atoms with Crippen LogP contribution in [0.3, 0.4) is 0 Å². The quantitative estimate of drug-likeness (QED) is 0.624. The van der Waals surface area contributed by atoms with E-state index in [1.807, 2.05) is 56.8 Å². The van der Waals surface area contributed by atoms with Crippen molar-refractivity contribution in [2.75, 3.05) is 20.6 Å². The molecule has 0 spiro atoms. The van der Waals surface area contributed by atoms with Gasteiger partial charge >= 0.3 is 0 Å². The minimum atomic E-state index is -0.165. The molecular formula is C21H20ClN5OS. The van der Waals surface area contributed by atoms with E-state index in [1.165, 1.54) is 11.8 Å². The summed E-state index contributed by atoms with van der Waals surface area (Å²) in [6.07, 6.45) is 3.73. The predicted molar refractivity (Wildman–Crippen MR) is 121 cm³/mol. The number of imidazole rings is 1. The van der Waals surface area contributed by atoms with E-state index < -0.39 is 0 Å². The number of aromatic nitrogens is 2. The number of amidine groups is 1. The lowest BCUT2D eigenvalue weighted by molar-refractivity contribution is -0.115. The van der Waals surface area contributed by atoms with Crippen LogP contribution >= 0.6 is 23.4 Å². The van der Waals surface area contributed by atoms with Crippen LogP contribution in [0.1, 0.15) is 5.56 Å². The number of fused-ring (bicyclic) bond motifs is 1. The molecule has 1 N–H and O–H groups in total. The summed E-state index contributed by atoms with van der Waals surface area (Å²) in [5.41, 5.74) is 3.56. The van der Waals surface area contributed by atoms with Crippen molar-refractivity contribution in [1.82, 2.24) is 19.8 Å². The second-order valence-electron chi connectivity index (χ2n) is 6.92. The number of halogens is 1. The van der Waals surface area contributed by atoms with Crippen LogP contribution in [0, 0.1) is 0 Å². The Morgan fingerprint density at radius 2 is 2.10 bits per heavy atom. The number of benzene rings is 2. The molecule has 0 radical (unpaired) electrons. The van der Waals surface area contributed by atoms with Gasteiger partial charge < -0.3 is 14.8 Å². The zero-order valence-electron chi connectivity index (χ0n) is 16.1. The molecule has 0 saturated carbocycles. The van der Waals surface area contributed by atoms with Gasteiger partial charge in [0.25, 0.3) is 5.91 Å². The Morgan fingerprint density at radius 3 is 2.90 bits per heavy atom. The number of thioether (sulfide) groups is 1. The lowest BCUT2D eigenvalue weighted by Crippen LogP contribution is -2.19. The summed E-state index contributed by atoms with van der Waals surface area (Å²) in [4.78, 5) is 24.0. The first-order valence-corrected chi connectivity index (χ1v) is 10.3. The van der Waals surface area contributed by atoms with Gasteiger partial charge in [-0.2, -0.15) is 0 Å². The zero-order chi connectivity index (χ0) is 20.4. The first-order valence-electron chi connectivity index (χ1n) is 9.13. The molecule has 0 atom stereocenters. The molecule has 0 aliphatic carbocycles. The summed E-state index contributed by atoms with van der Waals surface area (Å²) in [5.74, 6) is -0.165. The van der Waals surface area contributed by atoms with Gasteiger partial charge in [-0.15, -0.1) is 0 Å². The van der Waals surface area contributed by atoms with E-state index in [4.69, 9.17) is 11.6 Å². The molecule has 2 aromatic carbocycles. The highest BCUT2D eigenvalue weighted by Crippen LogP contribution is 2.31. The number of nitrogens with zero attached hydrogens (tertiary/aromatic N) is 4. The van der Waals surface area contributed by atoms with Gasteiger partial charge in [-0.1, -0.05) is 29.8 Å². The molecule has 6 nitrogen and oxygen atoms in total. The number of carbonyl (C=O) groups is 1. The number of carbonyl (C=O) groups excluding carboxylic acids is 1. The van der Waals surface area contributed by atoms with E-state index in [1.54, 1.807) is 6.07 Å². The van der Waals surface area contributed by atoms with Crippen molar-refractivity contribution in [3.8, 4) is 0 Å². The van der Waals surface area contributed by atoms with Gasteiger partial charge in [-0.25, -0.2) is 9.98 Å². The molecule has 1 fully saturated rings. The highest BCUT2D eigenvalue weighted by Gasteiger charge is 2.24. The van der Waals surface area contributed by atoms with Gasteiger partial charge in [0.05, 0.1) is 33.0 Å². The highest BCUT2D eigenvalue weighted by atomic mass is 35.5. The minimum Gasteiger partial charge on any atom is -0.329 e. The zero-order valence-corrected chi connectivity index (χ0v) is 17.7. The number of hydrogen-bond donors (Lipinski definition) is 1. The van der Waals surface area contributed by atoms with Gasteiger partial charge in [0.1, 0.15) is 0 Å². The fourth-order valence-electron chi connectivity index (χ4n) is 2.93. The average molecular weight is 426 g/mol. The minimum absolute atomic E-state index is 0.165. The fraction of sp³-hybridized carbons (Fsp3) is 0.190. The molecule has 1 aliphatic heterocycles. The number of hydrogen-bond acceptors (Lipinski definition) is 5. The van der Waals surface area contributed by atoms with Crippen molar-refractivity contribution in [3.05, 3.63) is 64.3 Å². The molecule has 1 saturated heterocycles. The number of nitrogens with one attached hydrogen (secondary N) is 1. The molecule has 1 aromatic heterocycles. The second-order valence-corrected chi connectivity index (χ2v) is 8.36. The van der Waals surface area contributed by atoms with Crippen LogP contribution in [-0.4, -0.2) is 46.2 Å². The number of para-hydroxylation sites is 1. The Morgan fingerprint density at radius 1 is 1.28 bits per heavy atom. The summed E-state index contributed by atoms with van der Waals surface area (Å²) in [7, 11) is 4.10. The van der Waals surface area contributed by atoms with Gasteiger partial charge in [-0.3, -0.25) is 4.79 Å². The Kier molecular flexibility index (Phi) is 5.71. The van der Waals surface area contributed by atoms with Crippen molar-refractivity contribution in [2.45, 2.75) is 6.54 Å². The van der Waals surface area contributed by atoms with Crippen LogP contribution in [0.25, 0.3) is 17.1 Å². The van der Waals surface area contributed by atoms with Crippen LogP contribution in [0.4, 0.5) is 5.69 Å². The molecule has 4 rings (SSSR count). The van der Waals surface area contributed by atoms with Crippen molar-refractivity contribution in [2.24, 2.45) is 4.99 Å². The highest BCUT2D eigenvalue weighted by molar-refractivity contribution is 8.18. The Hall–Kier alpha value is -2.61. The summed E-state index contributed by atoms with van der Waals surface area (Å²) < 4.78 is 2.13. The number of likely N-dealkylation sites (N-methyl/N-ethyl adjacent to an activating group) is 1. The average Bonchev–Trinajstić information content (AvgIpc) is 3.25. The van der Waals surface area contributed by atoms with Gasteiger partial charge in [0.15, 0.2) is 5.17 Å². The predicted octanol–water partition coefficient (Wildman–Crippen LogP) is 4.14. The largest absolute Gasteiger partial charge is 0.329 e. The topological polar surface area (TPSA) is 62.5 Å². The second kappa shape index (κ2) is 8.41. The third kappa shape index (κ3) is 4.53. The standard InChI is InChI=1S/C21H20ClN5OS/c1-26(2)9-10-27-13-23-17-8-7-14(11-18(17)27)12-19-20(28)25-21(29-19)24-16-6-4-3-5-15(16)22/h3-8,11-13H,9-10H2,1-2H3,(H,24,25,28). The molecule has 1 aliphatic rings. The summed E-state index contributed by atoms with van der Waals surface area (Å²) >= 11 is 7.46. The SMILES string of the molecule is CN(C)CCn1cnc2ccc(C=C3SC(=Nc4ccccc4Cl)NC3=O)cc21. The molecule has 29 heavy (non-hydrogen) atoms. The normalized spacial score (nSPS) is 17.0. The van der Waals surface area contributed by atoms with E-state index in [-0.39, 0.29) is 5.91 Å². The first kappa shape index (κ1) is 19.7. The monoisotopic (exact) mass is 425 g/mol. The van der Waals surface area contributed by atoms with Gasteiger partial charge in [-0.05, 0) is 61.8 Å². The van der Waals surface area contributed by atoms with Crippen molar-refractivity contribution in [1.29, 1.82) is 0 Å². The van der Waals surface area contributed by atoms with E-state index in [0.717, 1.165) is 29.7 Å². The maximum absolute atomic E-state index is 12.4. The number of rotatable bonds is 5. The molecule has 2 heterocycles. The van der Waals surface area contributed by atoms with Crippen LogP contribution in [0.5, 0.6) is 0 Å². The summed E-state index contributed by atoms with van der Waals surface area (Å²) in [5, 5.41) is 3.87. The molecule has 0 unspecified atom stereocenters.